The molecule has 5 nitrogen and oxygen atoms in total. The van der Waals surface area contributed by atoms with Gasteiger partial charge in [-0.25, -0.2) is 0 Å². The minimum Gasteiger partial charge on any atom is -0.382 e. The number of benzene rings is 4. The first kappa shape index (κ1) is 27.5. The second-order valence-corrected chi connectivity index (χ2v) is 11.9. The lowest BCUT2D eigenvalue weighted by Crippen LogP contribution is -2.52. The predicted octanol–water partition coefficient (Wildman–Crippen LogP) is 6.89. The number of hydrogen-bond acceptors (Lipinski definition) is 7. The van der Waals surface area contributed by atoms with Crippen molar-refractivity contribution in [3.63, 3.8) is 0 Å². The van der Waals surface area contributed by atoms with Crippen LogP contribution in [0.3, 0.4) is 0 Å². The van der Waals surface area contributed by atoms with Crippen LogP contribution >= 0.6 is 23.5 Å². The van der Waals surface area contributed by atoms with E-state index in [4.69, 9.17) is 23.7 Å². The van der Waals surface area contributed by atoms with Crippen LogP contribution in [-0.2, 0) is 23.7 Å². The third-order valence-corrected chi connectivity index (χ3v) is 10.0. The molecule has 4 atom stereocenters. The summed E-state index contributed by atoms with van der Waals surface area (Å²) in [5.74, 6) is 0. The molecule has 0 bridgehead atoms. The predicted molar refractivity (Wildman–Crippen MR) is 157 cm³/mol. The zero-order chi connectivity index (χ0) is 26.6. The summed E-state index contributed by atoms with van der Waals surface area (Å²) < 4.78 is 29.4. The minimum absolute atomic E-state index is 0.00928. The summed E-state index contributed by atoms with van der Waals surface area (Å²) in [4.78, 5) is 2.45. The molecule has 5 rings (SSSR count). The van der Waals surface area contributed by atoms with Gasteiger partial charge in [-0.2, -0.15) is 0 Å². The SMILES string of the molecule is COC[C@@H](OC)[C@H](OC)[C@@H](OC)[C@@H](OC)C1Sc2ccc3ccccc3c2-c2c(ccc3ccccc23)S1. The lowest BCUT2D eigenvalue weighted by Gasteiger charge is -2.37. The molecule has 0 N–H and O–H groups in total. The molecule has 1 aliphatic rings. The van der Waals surface area contributed by atoms with Gasteiger partial charge in [0.2, 0.25) is 0 Å². The van der Waals surface area contributed by atoms with Crippen LogP contribution < -0.4 is 0 Å². The first-order valence-corrected chi connectivity index (χ1v) is 14.4. The standard InChI is InChI=1S/C31H34O5S2/c1-32-18-23(33-2)28(34-3)29(35-4)30(36-5)31-37-24-16-14-19-10-6-8-12-21(19)26(24)27-22-13-9-7-11-20(22)15-17-25(27)38-31/h6-17,23,28-31H,18H2,1-5H3/t23-,28+,29-,30-/m1/s1. The molecule has 7 heteroatoms. The summed E-state index contributed by atoms with van der Waals surface area (Å²) in [7, 11) is 8.46. The molecule has 0 aromatic heterocycles. The van der Waals surface area contributed by atoms with Crippen molar-refractivity contribution in [1.29, 1.82) is 0 Å². The number of methoxy groups -OCH3 is 5. The molecule has 0 fully saturated rings. The van der Waals surface area contributed by atoms with Crippen molar-refractivity contribution in [2.24, 2.45) is 0 Å². The molecule has 1 heterocycles. The molecular weight excluding hydrogens is 516 g/mol. The van der Waals surface area contributed by atoms with E-state index in [1.807, 2.05) is 23.5 Å². The number of fused-ring (bicyclic) bond motifs is 7. The van der Waals surface area contributed by atoms with Crippen molar-refractivity contribution in [2.45, 2.75) is 38.8 Å². The fourth-order valence-corrected chi connectivity index (χ4v) is 8.51. The van der Waals surface area contributed by atoms with Gasteiger partial charge in [-0.3, -0.25) is 0 Å². The Morgan fingerprint density at radius 1 is 0.605 bits per heavy atom. The van der Waals surface area contributed by atoms with E-state index in [0.29, 0.717) is 6.61 Å². The fourth-order valence-electron chi connectivity index (χ4n) is 5.44. The molecule has 0 unspecified atom stereocenters. The Morgan fingerprint density at radius 3 is 1.58 bits per heavy atom. The Labute approximate surface area is 233 Å². The molecule has 0 saturated carbocycles. The van der Waals surface area contributed by atoms with Crippen LogP contribution in [0.2, 0.25) is 0 Å². The van der Waals surface area contributed by atoms with Gasteiger partial charge < -0.3 is 23.7 Å². The van der Waals surface area contributed by atoms with E-state index in [9.17, 15) is 0 Å². The molecule has 4 aromatic rings. The molecule has 0 saturated heterocycles. The third-order valence-electron chi connectivity index (χ3n) is 7.25. The van der Waals surface area contributed by atoms with Crippen molar-refractivity contribution in [1.82, 2.24) is 0 Å². The second-order valence-electron chi connectivity index (χ2n) is 9.25. The summed E-state index contributed by atoms with van der Waals surface area (Å²) >= 11 is 3.65. The molecule has 0 aliphatic carbocycles. The van der Waals surface area contributed by atoms with Crippen LogP contribution in [0.4, 0.5) is 0 Å². The summed E-state index contributed by atoms with van der Waals surface area (Å²) in [6, 6.07) is 26.2. The zero-order valence-corrected chi connectivity index (χ0v) is 24.0. The van der Waals surface area contributed by atoms with Crippen LogP contribution in [0.15, 0.2) is 82.6 Å². The molecule has 38 heavy (non-hydrogen) atoms. The van der Waals surface area contributed by atoms with Gasteiger partial charge in [0, 0.05) is 56.5 Å². The Balaban J connectivity index is 1.67. The monoisotopic (exact) mass is 550 g/mol. The number of rotatable bonds is 10. The van der Waals surface area contributed by atoms with Gasteiger partial charge in [0.15, 0.2) is 0 Å². The van der Waals surface area contributed by atoms with E-state index in [-0.39, 0.29) is 29.0 Å². The van der Waals surface area contributed by atoms with Crippen LogP contribution in [-0.4, -0.2) is 71.2 Å². The van der Waals surface area contributed by atoms with Gasteiger partial charge in [-0.05, 0) is 33.7 Å². The third kappa shape index (κ3) is 5.09. The van der Waals surface area contributed by atoms with Crippen LogP contribution in [0.5, 0.6) is 0 Å². The van der Waals surface area contributed by atoms with Crippen LogP contribution in [0, 0.1) is 0 Å². The Morgan fingerprint density at radius 2 is 1.13 bits per heavy atom. The van der Waals surface area contributed by atoms with Crippen molar-refractivity contribution < 1.29 is 23.7 Å². The van der Waals surface area contributed by atoms with Gasteiger partial charge in [-0.1, -0.05) is 60.7 Å². The van der Waals surface area contributed by atoms with Crippen molar-refractivity contribution >= 4 is 45.1 Å². The second kappa shape index (κ2) is 12.4. The number of ether oxygens (including phenoxy) is 5. The van der Waals surface area contributed by atoms with Crippen molar-refractivity contribution in [3.8, 4) is 11.1 Å². The van der Waals surface area contributed by atoms with Crippen LogP contribution in [0.25, 0.3) is 32.7 Å². The highest BCUT2D eigenvalue weighted by atomic mass is 32.2. The summed E-state index contributed by atoms with van der Waals surface area (Å²) in [6.07, 6.45) is -1.38. The summed E-state index contributed by atoms with van der Waals surface area (Å²) in [5, 5.41) is 4.97. The maximum Gasteiger partial charge on any atom is 0.114 e. The maximum absolute atomic E-state index is 6.22. The van der Waals surface area contributed by atoms with E-state index in [1.54, 1.807) is 35.5 Å². The smallest absolute Gasteiger partial charge is 0.114 e. The molecule has 0 spiro atoms. The highest BCUT2D eigenvalue weighted by molar-refractivity contribution is 8.17. The van der Waals surface area contributed by atoms with Crippen LogP contribution in [0.1, 0.15) is 0 Å². The van der Waals surface area contributed by atoms with Crippen molar-refractivity contribution in [3.05, 3.63) is 72.8 Å². The molecule has 0 radical (unpaired) electrons. The summed E-state index contributed by atoms with van der Waals surface area (Å²) in [5.41, 5.74) is 2.55. The molecular formula is C31H34O5S2. The maximum atomic E-state index is 6.22. The lowest BCUT2D eigenvalue weighted by atomic mass is 9.94. The average molecular weight is 551 g/mol. The Bertz CT molecular complexity index is 1310. The van der Waals surface area contributed by atoms with E-state index in [1.165, 1.54) is 42.5 Å². The first-order chi connectivity index (χ1) is 18.6. The first-order valence-electron chi connectivity index (χ1n) is 12.6. The summed E-state index contributed by atoms with van der Waals surface area (Å²) in [6.45, 7) is 0.389. The highest BCUT2D eigenvalue weighted by Crippen LogP contribution is 2.53. The number of hydrogen-bond donors (Lipinski definition) is 0. The lowest BCUT2D eigenvalue weighted by molar-refractivity contribution is -0.155. The van der Waals surface area contributed by atoms with E-state index < -0.39 is 0 Å². The normalized spacial score (nSPS) is 17.0. The fraction of sp³-hybridized carbons (Fsp3) is 0.355. The van der Waals surface area contributed by atoms with Gasteiger partial charge in [-0.15, -0.1) is 23.5 Å². The van der Waals surface area contributed by atoms with E-state index >= 15 is 0 Å². The molecule has 200 valence electrons. The van der Waals surface area contributed by atoms with Gasteiger partial charge in [0.05, 0.1) is 11.2 Å². The molecule has 0 amide bonds. The largest absolute Gasteiger partial charge is 0.382 e. The Hall–Kier alpha value is -2.10. The van der Waals surface area contributed by atoms with E-state index in [2.05, 4.69) is 72.8 Å². The van der Waals surface area contributed by atoms with Gasteiger partial charge in [0.1, 0.15) is 24.4 Å². The van der Waals surface area contributed by atoms with E-state index in [0.717, 1.165) is 0 Å². The Kier molecular flexibility index (Phi) is 8.95. The van der Waals surface area contributed by atoms with Crippen molar-refractivity contribution in [2.75, 3.05) is 42.2 Å². The number of thioether (sulfide) groups is 2. The topological polar surface area (TPSA) is 46.2 Å². The molecule has 1 aliphatic heterocycles. The zero-order valence-electron chi connectivity index (χ0n) is 22.4. The highest BCUT2D eigenvalue weighted by Gasteiger charge is 2.42. The molecule has 4 aromatic carbocycles. The minimum atomic E-state index is -0.388. The quantitative estimate of drug-likeness (QED) is 0.213. The average Bonchev–Trinajstić information content (AvgIpc) is 3.13. The van der Waals surface area contributed by atoms with Gasteiger partial charge >= 0.3 is 0 Å². The van der Waals surface area contributed by atoms with Gasteiger partial charge in [0.25, 0.3) is 0 Å².